The van der Waals surface area contributed by atoms with Gasteiger partial charge in [-0.3, -0.25) is 4.79 Å². The topological polar surface area (TPSA) is 78.4 Å². The van der Waals surface area contributed by atoms with E-state index in [4.69, 9.17) is 4.98 Å². The van der Waals surface area contributed by atoms with Gasteiger partial charge in [-0.25, -0.2) is 9.97 Å². The Morgan fingerprint density at radius 1 is 1.48 bits per heavy atom. The van der Waals surface area contributed by atoms with Gasteiger partial charge < -0.3 is 15.3 Å². The number of hydrogen-bond acceptors (Lipinski definition) is 5. The fourth-order valence-electron chi connectivity index (χ4n) is 3.77. The molecule has 1 aromatic heterocycles. The third-order valence-corrected chi connectivity index (χ3v) is 5.08. The number of carbonyl (C=O) groups excluding carboxylic acids is 1. The Hall–Kier alpha value is -1.95. The largest absolute Gasteiger partial charge is 0.393 e. The maximum Gasteiger partial charge on any atom is 0.225 e. The molecule has 2 N–H and O–H groups in total. The number of nitrogens with one attached hydrogen (secondary N) is 1. The zero-order valence-electron chi connectivity index (χ0n) is 15.2. The van der Waals surface area contributed by atoms with Crippen molar-refractivity contribution in [2.45, 2.75) is 58.1 Å². The van der Waals surface area contributed by atoms with Crippen molar-refractivity contribution in [2.75, 3.05) is 18.0 Å². The minimum absolute atomic E-state index is 0.0160. The van der Waals surface area contributed by atoms with Gasteiger partial charge in [-0.15, -0.1) is 6.58 Å². The number of aliphatic hydroxyl groups is 1. The van der Waals surface area contributed by atoms with Crippen LogP contribution in [0.1, 0.15) is 56.8 Å². The lowest BCUT2D eigenvalue weighted by Crippen LogP contribution is -2.39. The molecule has 6 heteroatoms. The monoisotopic (exact) mass is 344 g/mol. The molecule has 1 amide bonds. The Labute approximate surface area is 149 Å². The van der Waals surface area contributed by atoms with Crippen LogP contribution in [0.4, 0.5) is 5.95 Å². The highest BCUT2D eigenvalue weighted by Crippen LogP contribution is 2.40. The van der Waals surface area contributed by atoms with Crippen LogP contribution in [0.25, 0.3) is 0 Å². The first-order valence-corrected chi connectivity index (χ1v) is 9.07. The van der Waals surface area contributed by atoms with Crippen LogP contribution in [-0.4, -0.2) is 40.2 Å². The Balaban J connectivity index is 1.83. The van der Waals surface area contributed by atoms with Crippen molar-refractivity contribution in [3.05, 3.63) is 30.1 Å². The molecular formula is C19H28N4O2. The van der Waals surface area contributed by atoms with E-state index in [2.05, 4.69) is 35.6 Å². The summed E-state index contributed by atoms with van der Waals surface area (Å²) in [5, 5.41) is 12.8. The van der Waals surface area contributed by atoms with E-state index in [-0.39, 0.29) is 23.5 Å². The molecular weight excluding hydrogens is 316 g/mol. The lowest BCUT2D eigenvalue weighted by Gasteiger charge is -2.37. The lowest BCUT2D eigenvalue weighted by molar-refractivity contribution is -0.121. The average molecular weight is 344 g/mol. The molecule has 1 aliphatic heterocycles. The first-order chi connectivity index (χ1) is 11.9. The molecule has 0 aromatic carbocycles. The molecule has 1 atom stereocenters. The number of aromatic nitrogens is 2. The van der Waals surface area contributed by atoms with Crippen LogP contribution in [0.15, 0.2) is 18.9 Å². The molecule has 6 nitrogen and oxygen atoms in total. The van der Waals surface area contributed by atoms with Crippen molar-refractivity contribution in [3.8, 4) is 0 Å². The highest BCUT2D eigenvalue weighted by Gasteiger charge is 2.34. The van der Waals surface area contributed by atoms with Crippen LogP contribution in [0, 0.1) is 5.41 Å². The minimum atomic E-state index is -0.211. The van der Waals surface area contributed by atoms with Crippen molar-refractivity contribution in [1.82, 2.24) is 15.3 Å². The molecule has 1 aliphatic carbocycles. The summed E-state index contributed by atoms with van der Waals surface area (Å²) in [5.41, 5.74) is 2.12. The van der Waals surface area contributed by atoms with Gasteiger partial charge in [0.1, 0.15) is 0 Å². The third-order valence-electron chi connectivity index (χ3n) is 5.08. The molecule has 1 saturated heterocycles. The van der Waals surface area contributed by atoms with Crippen molar-refractivity contribution >= 4 is 11.9 Å². The Bertz CT molecular complexity index is 651. The molecule has 0 saturated carbocycles. The summed E-state index contributed by atoms with van der Waals surface area (Å²) in [7, 11) is 0. The number of carbonyl (C=O) groups is 1. The number of piperidine rings is 1. The number of amides is 1. The second-order valence-electron chi connectivity index (χ2n) is 7.95. The zero-order valence-corrected chi connectivity index (χ0v) is 15.2. The molecule has 0 bridgehead atoms. The van der Waals surface area contributed by atoms with Crippen LogP contribution in [-0.2, 0) is 11.2 Å². The summed E-state index contributed by atoms with van der Waals surface area (Å²) in [6, 6.07) is -0.0524. The number of fused-ring (bicyclic) bond motifs is 1. The van der Waals surface area contributed by atoms with Crippen LogP contribution in [0.5, 0.6) is 0 Å². The van der Waals surface area contributed by atoms with Crippen LogP contribution >= 0.6 is 0 Å². The molecule has 136 valence electrons. The summed E-state index contributed by atoms with van der Waals surface area (Å²) < 4.78 is 0. The summed E-state index contributed by atoms with van der Waals surface area (Å²) in [6.45, 7) is 9.61. The van der Waals surface area contributed by atoms with Crippen molar-refractivity contribution in [1.29, 1.82) is 0 Å². The highest BCUT2D eigenvalue weighted by atomic mass is 16.3. The molecule has 3 rings (SSSR count). The summed E-state index contributed by atoms with van der Waals surface area (Å²) >= 11 is 0. The normalized spacial score (nSPS) is 23.0. The van der Waals surface area contributed by atoms with Gasteiger partial charge in [0.15, 0.2) is 0 Å². The van der Waals surface area contributed by atoms with E-state index < -0.39 is 0 Å². The summed E-state index contributed by atoms with van der Waals surface area (Å²) in [4.78, 5) is 23.5. The zero-order chi connectivity index (χ0) is 18.0. The van der Waals surface area contributed by atoms with Gasteiger partial charge >= 0.3 is 0 Å². The fourth-order valence-corrected chi connectivity index (χ4v) is 3.77. The number of anilines is 1. The summed E-state index contributed by atoms with van der Waals surface area (Å²) in [6.07, 6.45) is 6.87. The van der Waals surface area contributed by atoms with Crippen molar-refractivity contribution in [3.63, 3.8) is 0 Å². The molecule has 1 fully saturated rings. The summed E-state index contributed by atoms with van der Waals surface area (Å²) in [5.74, 6) is 0.720. The molecule has 25 heavy (non-hydrogen) atoms. The van der Waals surface area contributed by atoms with Gasteiger partial charge in [-0.2, -0.15) is 0 Å². The molecule has 1 aromatic rings. The van der Waals surface area contributed by atoms with E-state index in [1.165, 1.54) is 0 Å². The van der Waals surface area contributed by atoms with E-state index >= 15 is 0 Å². The number of rotatable bonds is 4. The molecule has 0 radical (unpaired) electrons. The van der Waals surface area contributed by atoms with E-state index in [1.807, 2.05) is 6.20 Å². The maximum absolute atomic E-state index is 12.0. The first kappa shape index (κ1) is 17.9. The van der Waals surface area contributed by atoms with Crippen LogP contribution in [0.2, 0.25) is 0 Å². The van der Waals surface area contributed by atoms with Gasteiger partial charge in [0.05, 0.1) is 17.8 Å². The Morgan fingerprint density at radius 2 is 2.20 bits per heavy atom. The molecule has 2 aliphatic rings. The van der Waals surface area contributed by atoms with Crippen LogP contribution < -0.4 is 10.2 Å². The van der Waals surface area contributed by atoms with Gasteiger partial charge in [0.2, 0.25) is 11.9 Å². The van der Waals surface area contributed by atoms with E-state index in [9.17, 15) is 9.90 Å². The maximum atomic E-state index is 12.0. The smallest absolute Gasteiger partial charge is 0.225 e. The highest BCUT2D eigenvalue weighted by molar-refractivity contribution is 5.77. The van der Waals surface area contributed by atoms with Gasteiger partial charge in [0, 0.05) is 31.3 Å². The molecule has 1 unspecified atom stereocenters. The standard InChI is InChI=1S/C19H28N4O2/c1-4-5-17(25)21-15-10-19(2,3)11-16-14(15)12-20-18(22-16)23-8-6-13(24)7-9-23/h4,12-13,15,24H,1,5-11H2,2-3H3,(H,21,25). The van der Waals surface area contributed by atoms with Crippen molar-refractivity contribution < 1.29 is 9.90 Å². The molecule has 0 spiro atoms. The Kier molecular flexibility index (Phi) is 5.08. The fraction of sp³-hybridized carbons (Fsp3) is 0.632. The predicted molar refractivity (Wildman–Crippen MR) is 97.3 cm³/mol. The van der Waals surface area contributed by atoms with Crippen LogP contribution in [0.3, 0.4) is 0 Å². The van der Waals surface area contributed by atoms with Gasteiger partial charge in [-0.05, 0) is 31.1 Å². The number of hydrogen-bond donors (Lipinski definition) is 2. The Morgan fingerprint density at radius 3 is 2.88 bits per heavy atom. The van der Waals surface area contributed by atoms with E-state index in [0.717, 1.165) is 56.0 Å². The number of aliphatic hydroxyl groups excluding tert-OH is 1. The van der Waals surface area contributed by atoms with Crippen molar-refractivity contribution in [2.24, 2.45) is 5.41 Å². The number of nitrogens with zero attached hydrogens (tertiary/aromatic N) is 3. The lowest BCUT2D eigenvalue weighted by atomic mass is 9.74. The SMILES string of the molecule is C=CCC(=O)NC1CC(C)(C)Cc2nc(N3CCC(O)CC3)ncc21. The average Bonchev–Trinajstić information content (AvgIpc) is 2.54. The third kappa shape index (κ3) is 4.18. The second-order valence-corrected chi connectivity index (χ2v) is 7.95. The van der Waals surface area contributed by atoms with E-state index in [1.54, 1.807) is 6.08 Å². The quantitative estimate of drug-likeness (QED) is 0.818. The second kappa shape index (κ2) is 7.12. The first-order valence-electron chi connectivity index (χ1n) is 9.07. The van der Waals surface area contributed by atoms with E-state index in [0.29, 0.717) is 6.42 Å². The predicted octanol–water partition coefficient (Wildman–Crippen LogP) is 2.14. The minimum Gasteiger partial charge on any atom is -0.393 e. The van der Waals surface area contributed by atoms with Gasteiger partial charge in [0.25, 0.3) is 0 Å². The molecule has 2 heterocycles. The van der Waals surface area contributed by atoms with Gasteiger partial charge in [-0.1, -0.05) is 19.9 Å².